The monoisotopic (exact) mass is 432 g/mol. The van der Waals surface area contributed by atoms with Crippen LogP contribution in [0.3, 0.4) is 0 Å². The first kappa shape index (κ1) is 20.4. The highest BCUT2D eigenvalue weighted by molar-refractivity contribution is 6.25. The number of nitrogen functional groups attached to an aromatic ring is 1. The molecule has 0 radical (unpaired) electrons. The van der Waals surface area contributed by atoms with Crippen LogP contribution in [0, 0.1) is 17.1 Å². The molecule has 2 bridgehead atoms. The number of aromatic nitrogens is 2. The summed E-state index contributed by atoms with van der Waals surface area (Å²) >= 11 is 0. The first-order valence-corrected chi connectivity index (χ1v) is 11.0. The van der Waals surface area contributed by atoms with Crippen molar-refractivity contribution < 1.29 is 9.13 Å². The van der Waals surface area contributed by atoms with Crippen LogP contribution in [0.4, 0.5) is 15.9 Å². The maximum absolute atomic E-state index is 14.2. The molecule has 7 nitrogen and oxygen atoms in total. The van der Waals surface area contributed by atoms with Gasteiger partial charge in [-0.05, 0) is 38.0 Å². The summed E-state index contributed by atoms with van der Waals surface area (Å²) in [5, 5.41) is 9.93. The molecular formula is C24H25FN6O. The SMILES string of the molecule is CCC1CC(C#N)=C2C(=N1)CC1CCN1c1ccc(F)cc1C(C)Oc1nc2cnc1N. The zero-order valence-electron chi connectivity index (χ0n) is 18.2. The Balaban J connectivity index is 1.71. The molecule has 8 heteroatoms. The number of fused-ring (bicyclic) bond motifs is 7. The van der Waals surface area contributed by atoms with Crippen molar-refractivity contribution in [2.24, 2.45) is 4.99 Å². The van der Waals surface area contributed by atoms with Gasteiger partial charge in [0.1, 0.15) is 11.9 Å². The molecule has 32 heavy (non-hydrogen) atoms. The molecule has 3 atom stereocenters. The van der Waals surface area contributed by atoms with Gasteiger partial charge < -0.3 is 15.4 Å². The third-order valence-corrected chi connectivity index (χ3v) is 6.60. The summed E-state index contributed by atoms with van der Waals surface area (Å²) in [6.07, 6.45) is 4.22. The Hall–Kier alpha value is -3.47. The van der Waals surface area contributed by atoms with E-state index in [1.807, 2.05) is 13.0 Å². The highest BCUT2D eigenvalue weighted by Crippen LogP contribution is 2.40. The van der Waals surface area contributed by atoms with E-state index in [0.29, 0.717) is 24.1 Å². The summed E-state index contributed by atoms with van der Waals surface area (Å²) in [7, 11) is 0. The number of ether oxygens (including phenoxy) is 1. The number of nitriles is 1. The van der Waals surface area contributed by atoms with E-state index >= 15 is 0 Å². The van der Waals surface area contributed by atoms with Gasteiger partial charge in [-0.15, -0.1) is 0 Å². The number of anilines is 2. The van der Waals surface area contributed by atoms with Crippen molar-refractivity contribution in [3.05, 3.63) is 47.0 Å². The zero-order chi connectivity index (χ0) is 22.4. The first-order chi connectivity index (χ1) is 15.5. The van der Waals surface area contributed by atoms with Gasteiger partial charge in [0.25, 0.3) is 5.88 Å². The van der Waals surface area contributed by atoms with Gasteiger partial charge in [-0.3, -0.25) is 4.99 Å². The largest absolute Gasteiger partial charge is 0.467 e. The fourth-order valence-electron chi connectivity index (χ4n) is 4.76. The second kappa shape index (κ2) is 7.90. The van der Waals surface area contributed by atoms with Crippen LogP contribution in [0.5, 0.6) is 5.88 Å². The Kier molecular flexibility index (Phi) is 5.04. The van der Waals surface area contributed by atoms with Crippen molar-refractivity contribution >= 4 is 22.8 Å². The summed E-state index contributed by atoms with van der Waals surface area (Å²) < 4.78 is 20.3. The molecule has 0 saturated carbocycles. The van der Waals surface area contributed by atoms with E-state index in [1.54, 1.807) is 6.20 Å². The Morgan fingerprint density at radius 3 is 2.91 bits per heavy atom. The third-order valence-electron chi connectivity index (χ3n) is 6.60. The van der Waals surface area contributed by atoms with E-state index in [9.17, 15) is 9.65 Å². The second-order valence-electron chi connectivity index (χ2n) is 8.56. The minimum absolute atomic E-state index is 0.0729. The molecule has 4 heterocycles. The summed E-state index contributed by atoms with van der Waals surface area (Å²) in [5.41, 5.74) is 10.6. The van der Waals surface area contributed by atoms with Gasteiger partial charge in [-0.25, -0.2) is 14.4 Å². The number of hydrogen-bond acceptors (Lipinski definition) is 7. The standard InChI is InChI=1S/C24H25FN6O/c1-3-16-8-14(11-26)22-19(29-16)10-17-6-7-31(17)21-5-4-15(25)9-18(21)13(2)32-24-23(27)28-12-20(22)30-24/h4-5,9,12-13,16-17H,3,6-8,10H2,1-2H3,(H2,27,28). The minimum Gasteiger partial charge on any atom is -0.467 e. The lowest BCUT2D eigenvalue weighted by molar-refractivity contribution is 0.217. The Bertz CT molecular complexity index is 1180. The summed E-state index contributed by atoms with van der Waals surface area (Å²) in [5.74, 6) is 0.00692. The van der Waals surface area contributed by atoms with E-state index in [-0.39, 0.29) is 29.6 Å². The molecule has 3 unspecified atom stereocenters. The Morgan fingerprint density at radius 2 is 2.19 bits per heavy atom. The number of hydrogen-bond donors (Lipinski definition) is 1. The van der Waals surface area contributed by atoms with Crippen molar-refractivity contribution in [2.75, 3.05) is 17.2 Å². The number of allylic oxidation sites excluding steroid dienone is 1. The second-order valence-corrected chi connectivity index (χ2v) is 8.56. The van der Waals surface area contributed by atoms with Crippen LogP contribution >= 0.6 is 0 Å². The molecule has 1 saturated heterocycles. The molecule has 3 aliphatic heterocycles. The van der Waals surface area contributed by atoms with Crippen LogP contribution in [-0.4, -0.2) is 34.3 Å². The molecule has 2 aromatic rings. The van der Waals surface area contributed by atoms with Gasteiger partial charge >= 0.3 is 0 Å². The molecular weight excluding hydrogens is 407 g/mol. The van der Waals surface area contributed by atoms with Gasteiger partial charge in [0, 0.05) is 53.5 Å². The lowest BCUT2D eigenvalue weighted by Gasteiger charge is -2.45. The molecule has 164 valence electrons. The predicted molar refractivity (Wildman–Crippen MR) is 121 cm³/mol. The molecule has 0 aliphatic carbocycles. The molecule has 3 aliphatic rings. The normalized spacial score (nSPS) is 24.4. The number of benzene rings is 1. The maximum Gasteiger partial charge on any atom is 0.258 e. The molecule has 0 amide bonds. The number of aliphatic imine (C=N–C) groups is 1. The third kappa shape index (κ3) is 3.38. The van der Waals surface area contributed by atoms with Gasteiger partial charge in [0.05, 0.1) is 24.0 Å². The summed E-state index contributed by atoms with van der Waals surface area (Å²) in [4.78, 5) is 16.2. The smallest absolute Gasteiger partial charge is 0.258 e. The highest BCUT2D eigenvalue weighted by atomic mass is 19.1. The van der Waals surface area contributed by atoms with Crippen molar-refractivity contribution in [1.82, 2.24) is 9.97 Å². The quantitative estimate of drug-likeness (QED) is 0.724. The average molecular weight is 433 g/mol. The van der Waals surface area contributed by atoms with Gasteiger partial charge in [-0.1, -0.05) is 6.92 Å². The Labute approximate surface area is 186 Å². The van der Waals surface area contributed by atoms with Crippen LogP contribution in [0.1, 0.15) is 56.9 Å². The number of nitrogens with zero attached hydrogens (tertiary/aromatic N) is 5. The van der Waals surface area contributed by atoms with E-state index in [1.165, 1.54) is 12.1 Å². The number of rotatable bonds is 1. The van der Waals surface area contributed by atoms with Crippen molar-refractivity contribution in [3.63, 3.8) is 0 Å². The van der Waals surface area contributed by atoms with Gasteiger partial charge in [0.15, 0.2) is 5.82 Å². The van der Waals surface area contributed by atoms with Crippen LogP contribution in [0.2, 0.25) is 0 Å². The predicted octanol–water partition coefficient (Wildman–Crippen LogP) is 4.22. The Morgan fingerprint density at radius 1 is 1.34 bits per heavy atom. The lowest BCUT2D eigenvalue weighted by Crippen LogP contribution is -2.49. The molecule has 0 spiro atoms. The topological polar surface area (TPSA) is 100 Å². The lowest BCUT2D eigenvalue weighted by atomic mass is 9.85. The summed E-state index contributed by atoms with van der Waals surface area (Å²) in [6.45, 7) is 4.81. The van der Waals surface area contributed by atoms with E-state index in [0.717, 1.165) is 41.9 Å². The fourth-order valence-corrected chi connectivity index (χ4v) is 4.76. The van der Waals surface area contributed by atoms with Crippen molar-refractivity contribution in [1.29, 1.82) is 5.26 Å². The van der Waals surface area contributed by atoms with Crippen molar-refractivity contribution in [3.8, 4) is 11.9 Å². The minimum atomic E-state index is -0.485. The van der Waals surface area contributed by atoms with Gasteiger partial charge in [-0.2, -0.15) is 5.26 Å². The van der Waals surface area contributed by atoms with Crippen LogP contribution in [-0.2, 0) is 0 Å². The summed E-state index contributed by atoms with van der Waals surface area (Å²) in [6, 6.07) is 7.46. The van der Waals surface area contributed by atoms with Crippen LogP contribution in [0.25, 0.3) is 5.57 Å². The number of nitrogens with two attached hydrogens (primary N) is 1. The number of dihydropyridines is 1. The first-order valence-electron chi connectivity index (χ1n) is 11.0. The van der Waals surface area contributed by atoms with E-state index in [2.05, 4.69) is 27.9 Å². The molecule has 1 aromatic heterocycles. The highest BCUT2D eigenvalue weighted by Gasteiger charge is 2.36. The zero-order valence-corrected chi connectivity index (χ0v) is 18.2. The van der Waals surface area contributed by atoms with Gasteiger partial charge in [0.2, 0.25) is 0 Å². The van der Waals surface area contributed by atoms with E-state index < -0.39 is 6.10 Å². The average Bonchev–Trinajstić information content (AvgIpc) is 2.78. The van der Waals surface area contributed by atoms with Crippen LogP contribution in [0.15, 0.2) is 35.0 Å². The maximum atomic E-state index is 14.2. The molecule has 5 rings (SSSR count). The number of halogens is 1. The molecule has 2 N–H and O–H groups in total. The fraction of sp³-hybridized carbons (Fsp3) is 0.417. The van der Waals surface area contributed by atoms with Crippen LogP contribution < -0.4 is 15.4 Å². The molecule has 1 fully saturated rings. The van der Waals surface area contributed by atoms with E-state index in [4.69, 9.17) is 15.5 Å². The molecule has 1 aromatic carbocycles. The van der Waals surface area contributed by atoms with Crippen molar-refractivity contribution in [2.45, 2.75) is 57.7 Å².